The molecule has 0 radical (unpaired) electrons. The highest BCUT2D eigenvalue weighted by Gasteiger charge is 2.38. The van der Waals surface area contributed by atoms with Crippen molar-refractivity contribution >= 4 is 60.1 Å². The van der Waals surface area contributed by atoms with Gasteiger partial charge < -0.3 is 36.4 Å². The van der Waals surface area contributed by atoms with Crippen molar-refractivity contribution in [2.24, 2.45) is 0 Å². The first kappa shape index (κ1) is 51.2. The molecule has 2 aromatic rings. The Morgan fingerprint density at radius 2 is 1.16 bits per heavy atom. The SMILES string of the molecule is CN[C@@H](C)C(=O)N[C@@H](CC#CC#CC[C@H](NC(=O)[C@H](C)NC)C(=O)N1CC=C[C@H]1C(=O)N[C@@H]1CCCc2ccccc21)C(=O)N1CC=C[C@H]1C(=O)C[C@@H]1CCCc2ccccc21.Cl.Cl. The molecule has 0 aromatic heterocycles. The van der Waals surface area contributed by atoms with E-state index in [-0.39, 0.29) is 74.4 Å². The van der Waals surface area contributed by atoms with E-state index in [1.807, 2.05) is 30.3 Å². The van der Waals surface area contributed by atoms with Crippen LogP contribution in [0.3, 0.4) is 0 Å². The lowest BCUT2D eigenvalue weighted by Gasteiger charge is -2.31. The number of fused-ring (bicyclic) bond motifs is 2. The van der Waals surface area contributed by atoms with Gasteiger partial charge in [0.05, 0.1) is 18.1 Å². The van der Waals surface area contributed by atoms with Gasteiger partial charge in [-0.2, -0.15) is 0 Å². The smallest absolute Gasteiger partial charge is 0.247 e. The Morgan fingerprint density at radius 3 is 1.72 bits per heavy atom. The first-order valence-corrected chi connectivity index (χ1v) is 21.8. The van der Waals surface area contributed by atoms with Crippen LogP contribution >= 0.6 is 24.8 Å². The molecule has 0 saturated heterocycles. The topological polar surface area (TPSA) is 169 Å². The van der Waals surface area contributed by atoms with Crippen LogP contribution in [0, 0.1) is 23.7 Å². The van der Waals surface area contributed by atoms with Gasteiger partial charge in [-0.05, 0) is 106 Å². The maximum Gasteiger partial charge on any atom is 0.247 e. The summed E-state index contributed by atoms with van der Waals surface area (Å²) in [5.74, 6) is 9.35. The molecule has 2 heterocycles. The van der Waals surface area contributed by atoms with E-state index in [0.29, 0.717) is 6.42 Å². The summed E-state index contributed by atoms with van der Waals surface area (Å²) in [7, 11) is 3.28. The van der Waals surface area contributed by atoms with Crippen molar-refractivity contribution in [2.45, 2.75) is 120 Å². The number of hydrogen-bond donors (Lipinski definition) is 5. The van der Waals surface area contributed by atoms with Gasteiger partial charge in [0, 0.05) is 32.4 Å². The van der Waals surface area contributed by atoms with Gasteiger partial charge in [0.1, 0.15) is 24.2 Å². The molecule has 5 N–H and O–H groups in total. The Hall–Kier alpha value is -5.44. The van der Waals surface area contributed by atoms with Crippen molar-refractivity contribution in [3.8, 4) is 23.7 Å². The molecule has 6 rings (SSSR count). The maximum absolute atomic E-state index is 14.1. The average molecular weight is 915 g/mol. The highest BCUT2D eigenvalue weighted by Crippen LogP contribution is 2.35. The lowest BCUT2D eigenvalue weighted by molar-refractivity contribution is -0.141. The van der Waals surface area contributed by atoms with Crippen LogP contribution in [0.1, 0.15) is 93.0 Å². The number of benzene rings is 2. The summed E-state index contributed by atoms with van der Waals surface area (Å²) >= 11 is 0. The molecule has 8 atom stereocenters. The van der Waals surface area contributed by atoms with Crippen molar-refractivity contribution in [3.05, 3.63) is 95.1 Å². The number of carbonyl (C=O) groups is 6. The van der Waals surface area contributed by atoms with E-state index in [2.05, 4.69) is 68.5 Å². The number of amides is 5. The second-order valence-electron chi connectivity index (χ2n) is 16.5. The number of hydrogen-bond acceptors (Lipinski definition) is 8. The molecular formula is C49H61Cl2N7O6. The molecule has 2 aromatic carbocycles. The lowest BCUT2D eigenvalue weighted by Crippen LogP contribution is -2.55. The highest BCUT2D eigenvalue weighted by molar-refractivity contribution is 5.96. The second kappa shape index (κ2) is 24.6. The molecule has 64 heavy (non-hydrogen) atoms. The predicted molar refractivity (Wildman–Crippen MR) is 251 cm³/mol. The van der Waals surface area contributed by atoms with E-state index in [1.54, 1.807) is 52.2 Å². The number of halogens is 2. The molecule has 0 spiro atoms. The molecular weight excluding hydrogens is 853 g/mol. The zero-order chi connectivity index (χ0) is 44.2. The Labute approximate surface area is 389 Å². The van der Waals surface area contributed by atoms with Crippen LogP contribution < -0.4 is 26.6 Å². The summed E-state index contributed by atoms with van der Waals surface area (Å²) in [6.07, 6.45) is 12.8. The maximum atomic E-state index is 14.1. The number of nitrogens with zero attached hydrogens (tertiary/aromatic N) is 2. The number of carbonyl (C=O) groups excluding carboxylic acids is 6. The largest absolute Gasteiger partial charge is 0.347 e. The van der Waals surface area contributed by atoms with Crippen molar-refractivity contribution in [2.75, 3.05) is 27.2 Å². The average Bonchev–Trinajstić information content (AvgIpc) is 4.00. The van der Waals surface area contributed by atoms with Gasteiger partial charge in [-0.1, -0.05) is 84.7 Å². The van der Waals surface area contributed by atoms with Crippen molar-refractivity contribution < 1.29 is 28.8 Å². The van der Waals surface area contributed by atoms with Crippen LogP contribution in [0.2, 0.25) is 0 Å². The molecule has 4 aliphatic rings. The molecule has 0 bridgehead atoms. The summed E-state index contributed by atoms with van der Waals surface area (Å²) in [5, 5.41) is 14.5. The second-order valence-corrected chi connectivity index (χ2v) is 16.5. The number of Topliss-reactive ketones (excluding diaryl/α,β-unsaturated/α-hetero) is 1. The Balaban J connectivity index is 0.00000449. The van der Waals surface area contributed by atoms with E-state index in [0.717, 1.165) is 44.1 Å². The van der Waals surface area contributed by atoms with Gasteiger partial charge in [0.25, 0.3) is 0 Å². The van der Waals surface area contributed by atoms with Gasteiger partial charge >= 0.3 is 0 Å². The van der Waals surface area contributed by atoms with E-state index < -0.39 is 59.9 Å². The molecule has 0 unspecified atom stereocenters. The molecule has 5 amide bonds. The van der Waals surface area contributed by atoms with Crippen molar-refractivity contribution in [1.29, 1.82) is 0 Å². The minimum Gasteiger partial charge on any atom is -0.347 e. The van der Waals surface area contributed by atoms with Gasteiger partial charge in [0.15, 0.2) is 5.78 Å². The predicted octanol–water partition coefficient (Wildman–Crippen LogP) is 3.61. The van der Waals surface area contributed by atoms with E-state index in [1.165, 1.54) is 26.5 Å². The monoisotopic (exact) mass is 913 g/mol. The molecule has 2 aliphatic heterocycles. The summed E-state index contributed by atoms with van der Waals surface area (Å²) in [4.78, 5) is 84.7. The number of nitrogens with one attached hydrogen (secondary N) is 5. The molecule has 2 aliphatic carbocycles. The fraction of sp³-hybridized carbons (Fsp3) is 0.469. The number of rotatable bonds is 15. The van der Waals surface area contributed by atoms with Gasteiger partial charge in [-0.25, -0.2) is 0 Å². The summed E-state index contributed by atoms with van der Waals surface area (Å²) in [5.41, 5.74) is 4.76. The molecule has 15 heteroatoms. The van der Waals surface area contributed by atoms with Crippen LogP contribution in [-0.4, -0.2) is 109 Å². The summed E-state index contributed by atoms with van der Waals surface area (Å²) in [6, 6.07) is 11.2. The first-order chi connectivity index (χ1) is 30.0. The highest BCUT2D eigenvalue weighted by atomic mass is 35.5. The minimum absolute atomic E-state index is 0. The van der Waals surface area contributed by atoms with E-state index >= 15 is 0 Å². The minimum atomic E-state index is -1.07. The zero-order valence-electron chi connectivity index (χ0n) is 37.0. The third-order valence-corrected chi connectivity index (χ3v) is 12.4. The molecule has 0 fully saturated rings. The normalized spacial score (nSPS) is 21.0. The molecule has 342 valence electrons. The fourth-order valence-electron chi connectivity index (χ4n) is 8.65. The van der Waals surface area contributed by atoms with Crippen molar-refractivity contribution in [3.63, 3.8) is 0 Å². The number of likely N-dealkylation sites (N-methyl/N-ethyl adjacent to an activating group) is 2. The van der Waals surface area contributed by atoms with Gasteiger partial charge in [0.2, 0.25) is 29.5 Å². The van der Waals surface area contributed by atoms with Crippen LogP contribution in [0.5, 0.6) is 0 Å². The third-order valence-electron chi connectivity index (χ3n) is 12.4. The number of aryl methyl sites for hydroxylation is 2. The first-order valence-electron chi connectivity index (χ1n) is 21.8. The Kier molecular flexibility index (Phi) is 19.7. The summed E-state index contributed by atoms with van der Waals surface area (Å²) < 4.78 is 0. The Morgan fingerprint density at radius 1 is 0.672 bits per heavy atom. The fourth-order valence-corrected chi connectivity index (χ4v) is 8.65. The standard InChI is InChI=1S/C49H59N7O6.2ClH/c1-32(50-3)45(58)53-40(48(61)55-29-15-27-42(55)44(57)31-36-21-13-19-34-17-9-11-22-37(34)36)24-7-5-6-8-25-41(54-46(59)33(2)51-4)49(62)56-30-16-28-43(56)47(60)52-39-26-14-20-35-18-10-12-23-38(35)39;;/h9-12,15-18,22-23,27-28,32-33,36,39-43,50-51H,13-14,19-21,24-26,29-31H2,1-4H3,(H,52,60)(H,53,58)(H,54,59);2*1H/t32-,33-,36-,39+,40-,41-,42-,43-;;/m0../s1. The van der Waals surface area contributed by atoms with Crippen LogP contribution in [0.25, 0.3) is 0 Å². The van der Waals surface area contributed by atoms with Gasteiger partial charge in [-0.3, -0.25) is 28.8 Å². The van der Waals surface area contributed by atoms with Crippen LogP contribution in [-0.2, 0) is 41.6 Å². The lowest BCUT2D eigenvalue weighted by atomic mass is 9.79. The molecule has 0 saturated carbocycles. The zero-order valence-corrected chi connectivity index (χ0v) is 38.6. The molecule has 13 nitrogen and oxygen atoms in total. The van der Waals surface area contributed by atoms with Gasteiger partial charge in [-0.15, -0.1) is 24.8 Å². The Bertz CT molecular complexity index is 2050. The number of ketones is 1. The quantitative estimate of drug-likeness (QED) is 0.134. The third kappa shape index (κ3) is 12.6. The van der Waals surface area contributed by atoms with Crippen LogP contribution in [0.15, 0.2) is 72.8 Å². The van der Waals surface area contributed by atoms with Crippen LogP contribution in [0.4, 0.5) is 0 Å². The van der Waals surface area contributed by atoms with E-state index in [4.69, 9.17) is 0 Å². The van der Waals surface area contributed by atoms with Crippen molar-refractivity contribution in [1.82, 2.24) is 36.4 Å². The summed E-state index contributed by atoms with van der Waals surface area (Å²) in [6.45, 7) is 3.77. The van der Waals surface area contributed by atoms with E-state index in [9.17, 15) is 28.8 Å².